The molecule has 0 aromatic heterocycles. The topological polar surface area (TPSA) is 82.4 Å². The van der Waals surface area contributed by atoms with Gasteiger partial charge >= 0.3 is 5.97 Å². The molecular formula is C21H27N3O3. The van der Waals surface area contributed by atoms with Crippen molar-refractivity contribution in [1.29, 1.82) is 5.26 Å². The van der Waals surface area contributed by atoms with Crippen molar-refractivity contribution in [3.05, 3.63) is 40.6 Å². The molecule has 144 valence electrons. The Labute approximate surface area is 160 Å². The van der Waals surface area contributed by atoms with Crippen LogP contribution in [0.1, 0.15) is 36.5 Å². The number of esters is 1. The molecule has 0 unspecified atom stereocenters. The molecule has 1 aromatic carbocycles. The zero-order valence-corrected chi connectivity index (χ0v) is 16.5. The highest BCUT2D eigenvalue weighted by molar-refractivity contribution is 5.97. The smallest absolute Gasteiger partial charge is 0.309 e. The van der Waals surface area contributed by atoms with Crippen molar-refractivity contribution in [2.75, 3.05) is 25.0 Å². The van der Waals surface area contributed by atoms with E-state index < -0.39 is 0 Å². The zero-order valence-electron chi connectivity index (χ0n) is 16.5. The van der Waals surface area contributed by atoms with E-state index in [1.807, 2.05) is 26.8 Å². The van der Waals surface area contributed by atoms with E-state index >= 15 is 0 Å². The van der Waals surface area contributed by atoms with Crippen molar-refractivity contribution in [2.45, 2.75) is 40.5 Å². The molecule has 0 aliphatic carbocycles. The van der Waals surface area contributed by atoms with E-state index in [-0.39, 0.29) is 23.4 Å². The average Bonchev–Trinajstić information content (AvgIpc) is 2.64. The van der Waals surface area contributed by atoms with Crippen molar-refractivity contribution >= 4 is 17.6 Å². The molecule has 27 heavy (non-hydrogen) atoms. The molecule has 0 bridgehead atoms. The lowest BCUT2D eigenvalue weighted by atomic mass is 9.96. The van der Waals surface area contributed by atoms with Crippen molar-refractivity contribution in [1.82, 2.24) is 4.90 Å². The molecular weight excluding hydrogens is 342 g/mol. The summed E-state index contributed by atoms with van der Waals surface area (Å²) in [6.07, 6.45) is 2.60. The molecule has 1 fully saturated rings. The van der Waals surface area contributed by atoms with Gasteiger partial charge in [0.1, 0.15) is 11.6 Å². The number of aryl methyl sites for hydroxylation is 3. The maximum atomic E-state index is 12.7. The van der Waals surface area contributed by atoms with E-state index in [1.54, 1.807) is 11.8 Å². The first-order valence-electron chi connectivity index (χ1n) is 9.28. The van der Waals surface area contributed by atoms with Gasteiger partial charge in [0.25, 0.3) is 5.91 Å². The quantitative estimate of drug-likeness (QED) is 0.489. The molecule has 1 amide bonds. The number of nitrogens with zero attached hydrogens (tertiary/aromatic N) is 2. The fourth-order valence-electron chi connectivity index (χ4n) is 3.44. The number of carbonyl (C=O) groups excluding carboxylic acids is 2. The van der Waals surface area contributed by atoms with Gasteiger partial charge in [0, 0.05) is 25.0 Å². The summed E-state index contributed by atoms with van der Waals surface area (Å²) in [7, 11) is 0. The lowest BCUT2D eigenvalue weighted by molar-refractivity contribution is -0.150. The van der Waals surface area contributed by atoms with E-state index in [1.165, 1.54) is 11.8 Å². The highest BCUT2D eigenvalue weighted by Crippen LogP contribution is 2.23. The van der Waals surface area contributed by atoms with Gasteiger partial charge in [0.05, 0.1) is 12.5 Å². The summed E-state index contributed by atoms with van der Waals surface area (Å²) in [6, 6.07) is 6.10. The summed E-state index contributed by atoms with van der Waals surface area (Å²) in [4.78, 5) is 26.1. The summed E-state index contributed by atoms with van der Waals surface area (Å²) >= 11 is 0. The van der Waals surface area contributed by atoms with Crippen LogP contribution in [0.2, 0.25) is 0 Å². The Morgan fingerprint density at radius 1 is 1.26 bits per heavy atom. The fraction of sp³-hybridized carbons (Fsp3) is 0.476. The molecule has 1 aliphatic heterocycles. The zero-order chi connectivity index (χ0) is 20.0. The summed E-state index contributed by atoms with van der Waals surface area (Å²) in [6.45, 7) is 9.06. The van der Waals surface area contributed by atoms with Crippen molar-refractivity contribution in [3.63, 3.8) is 0 Å². The number of hydrogen-bond donors (Lipinski definition) is 1. The number of piperidine rings is 1. The number of hydrogen-bond acceptors (Lipinski definition) is 5. The van der Waals surface area contributed by atoms with Gasteiger partial charge in [-0.25, -0.2) is 0 Å². The largest absolute Gasteiger partial charge is 0.466 e. The highest BCUT2D eigenvalue weighted by Gasteiger charge is 2.29. The van der Waals surface area contributed by atoms with E-state index in [4.69, 9.17) is 4.74 Å². The number of amides is 1. The highest BCUT2D eigenvalue weighted by atomic mass is 16.5. The van der Waals surface area contributed by atoms with Crippen LogP contribution in [-0.4, -0.2) is 36.5 Å². The summed E-state index contributed by atoms with van der Waals surface area (Å²) in [5.74, 6) is -0.679. The van der Waals surface area contributed by atoms with Crippen LogP contribution in [0.25, 0.3) is 0 Å². The third-order valence-corrected chi connectivity index (χ3v) is 4.79. The monoisotopic (exact) mass is 369 g/mol. The molecule has 0 radical (unpaired) electrons. The molecule has 0 saturated carbocycles. The normalized spacial score (nSPS) is 15.2. The standard InChI is InChI=1S/C21H27N3O3/c1-5-27-21(26)17-6-8-24(9-7-17)20(25)18(12-22)13-23-19-15(3)10-14(2)11-16(19)4/h10-11,13,17,23H,5-9H2,1-4H3/b18-13-. The lowest BCUT2D eigenvalue weighted by Gasteiger charge is -2.30. The summed E-state index contributed by atoms with van der Waals surface area (Å²) in [5.41, 5.74) is 4.25. The Kier molecular flexibility index (Phi) is 7.00. The van der Waals surface area contributed by atoms with Crippen molar-refractivity contribution in [3.8, 4) is 6.07 Å². The number of nitriles is 1. The molecule has 1 heterocycles. The van der Waals surface area contributed by atoms with Crippen LogP contribution in [0.5, 0.6) is 0 Å². The minimum Gasteiger partial charge on any atom is -0.466 e. The second kappa shape index (κ2) is 9.22. The third kappa shape index (κ3) is 5.10. The predicted octanol–water partition coefficient (Wildman–Crippen LogP) is 3.23. The van der Waals surface area contributed by atoms with Gasteiger partial charge < -0.3 is 15.0 Å². The van der Waals surface area contributed by atoms with Gasteiger partial charge in [0.2, 0.25) is 0 Å². The minimum atomic E-state index is -0.310. The third-order valence-electron chi connectivity index (χ3n) is 4.79. The number of likely N-dealkylation sites (tertiary alicyclic amines) is 1. The molecule has 2 rings (SSSR count). The molecule has 1 aliphatic rings. The summed E-state index contributed by atoms with van der Waals surface area (Å²) in [5, 5.41) is 12.5. The van der Waals surface area contributed by atoms with Gasteiger partial charge in [-0.15, -0.1) is 0 Å². The Balaban J connectivity index is 2.04. The molecule has 1 saturated heterocycles. The van der Waals surface area contributed by atoms with E-state index in [0.717, 1.165) is 16.8 Å². The van der Waals surface area contributed by atoms with E-state index in [9.17, 15) is 14.9 Å². The fourth-order valence-corrected chi connectivity index (χ4v) is 3.44. The Morgan fingerprint density at radius 3 is 2.37 bits per heavy atom. The van der Waals surface area contributed by atoms with Crippen LogP contribution in [-0.2, 0) is 14.3 Å². The second-order valence-electron chi connectivity index (χ2n) is 6.91. The number of nitrogens with one attached hydrogen (secondary N) is 1. The number of carbonyl (C=O) groups is 2. The van der Waals surface area contributed by atoms with Gasteiger partial charge in [0.15, 0.2) is 0 Å². The second-order valence-corrected chi connectivity index (χ2v) is 6.91. The number of ether oxygens (including phenoxy) is 1. The Hall–Kier alpha value is -2.81. The first kappa shape index (κ1) is 20.5. The van der Waals surface area contributed by atoms with Crippen LogP contribution in [0.15, 0.2) is 23.9 Å². The van der Waals surface area contributed by atoms with Gasteiger partial charge in [-0.2, -0.15) is 5.26 Å². The first-order valence-corrected chi connectivity index (χ1v) is 9.28. The van der Waals surface area contributed by atoms with Crippen molar-refractivity contribution in [2.24, 2.45) is 5.92 Å². The molecule has 1 aromatic rings. The number of benzene rings is 1. The number of rotatable bonds is 5. The van der Waals surface area contributed by atoms with Crippen LogP contribution in [0.3, 0.4) is 0 Å². The van der Waals surface area contributed by atoms with E-state index in [0.29, 0.717) is 32.5 Å². The molecule has 1 N–H and O–H groups in total. The lowest BCUT2D eigenvalue weighted by Crippen LogP contribution is -2.41. The maximum absolute atomic E-state index is 12.7. The Bertz CT molecular complexity index is 761. The van der Waals surface area contributed by atoms with E-state index in [2.05, 4.69) is 17.4 Å². The minimum absolute atomic E-state index is 0.0592. The van der Waals surface area contributed by atoms with Crippen LogP contribution in [0, 0.1) is 38.0 Å². The maximum Gasteiger partial charge on any atom is 0.309 e. The molecule has 0 atom stereocenters. The van der Waals surface area contributed by atoms with Crippen LogP contribution < -0.4 is 5.32 Å². The SMILES string of the molecule is CCOC(=O)C1CCN(C(=O)/C(C#N)=C\Nc2c(C)cc(C)cc2C)CC1. The molecule has 6 heteroatoms. The number of anilines is 1. The van der Waals surface area contributed by atoms with Gasteiger partial charge in [-0.1, -0.05) is 17.7 Å². The van der Waals surface area contributed by atoms with Crippen LogP contribution in [0.4, 0.5) is 5.69 Å². The average molecular weight is 369 g/mol. The van der Waals surface area contributed by atoms with Gasteiger partial charge in [-0.05, 0) is 51.7 Å². The van der Waals surface area contributed by atoms with Crippen molar-refractivity contribution < 1.29 is 14.3 Å². The van der Waals surface area contributed by atoms with Crippen LogP contribution >= 0.6 is 0 Å². The van der Waals surface area contributed by atoms with Gasteiger partial charge in [-0.3, -0.25) is 9.59 Å². The molecule has 0 spiro atoms. The Morgan fingerprint density at radius 2 is 1.85 bits per heavy atom. The predicted molar refractivity (Wildman–Crippen MR) is 104 cm³/mol. The summed E-state index contributed by atoms with van der Waals surface area (Å²) < 4.78 is 5.05. The first-order chi connectivity index (χ1) is 12.9. The molecule has 6 nitrogen and oxygen atoms in total.